The van der Waals surface area contributed by atoms with E-state index in [2.05, 4.69) is 0 Å². The summed E-state index contributed by atoms with van der Waals surface area (Å²) in [6.07, 6.45) is 5.58. The van der Waals surface area contributed by atoms with Crippen molar-refractivity contribution in [2.45, 2.75) is 25.7 Å². The average Bonchev–Trinajstić information content (AvgIpc) is 2.41. The zero-order valence-corrected chi connectivity index (χ0v) is 9.15. The number of halogens is 2. The number of hydrogen-bond donors (Lipinski definition) is 0. The predicted molar refractivity (Wildman–Crippen MR) is 51.2 cm³/mol. The molecule has 0 aromatic rings. The molecule has 0 aliphatic carbocycles. The Bertz CT molecular complexity index is 82.2. The van der Waals surface area contributed by atoms with Gasteiger partial charge in [0, 0.05) is 5.88 Å². The molecule has 11 heavy (non-hydrogen) atoms. The molecule has 1 saturated heterocycles. The molecule has 0 amide bonds. The number of alkyl halides is 1. The van der Waals surface area contributed by atoms with Crippen molar-refractivity contribution in [3.63, 3.8) is 0 Å². The Morgan fingerprint density at radius 1 is 1.09 bits per heavy atom. The molecule has 0 radical (unpaired) electrons. The molecule has 1 rings (SSSR count). The normalized spacial score (nSPS) is 18.3. The molecule has 0 aromatic heterocycles. The van der Waals surface area contributed by atoms with Crippen LogP contribution in [0.15, 0.2) is 0 Å². The molecule has 0 spiro atoms. The number of rotatable bonds is 4. The van der Waals surface area contributed by atoms with Crippen molar-refractivity contribution in [1.29, 1.82) is 0 Å². The first-order valence-corrected chi connectivity index (χ1v) is 6.40. The Morgan fingerprint density at radius 3 is 2.27 bits per heavy atom. The maximum atomic E-state index is 5.59. The molecule has 0 atom stereocenters. The fraction of sp³-hybridized carbons (Fsp3) is 1.00. The molecule has 1 aliphatic rings. The van der Waals surface area contributed by atoms with Gasteiger partial charge in [-0.2, -0.15) is 0 Å². The second kappa shape index (κ2) is 7.57. The van der Waals surface area contributed by atoms with Crippen LogP contribution in [0.25, 0.3) is 0 Å². The van der Waals surface area contributed by atoms with E-state index in [-0.39, 0.29) is 12.4 Å². The van der Waals surface area contributed by atoms with Gasteiger partial charge >= 0.3 is 0 Å². The van der Waals surface area contributed by atoms with Gasteiger partial charge in [0.05, 0.1) is 0 Å². The van der Waals surface area contributed by atoms with Crippen molar-refractivity contribution in [3.05, 3.63) is 0 Å². The molecule has 1 fully saturated rings. The second-order valence-electron chi connectivity index (χ2n) is 2.83. The quantitative estimate of drug-likeness (QED) is 0.334. The summed E-state index contributed by atoms with van der Waals surface area (Å²) in [7, 11) is 0.813. The van der Waals surface area contributed by atoms with Crippen LogP contribution in [-0.4, -0.2) is 23.1 Å². The highest BCUT2D eigenvalue weighted by atomic mass is 35.5. The van der Waals surface area contributed by atoms with Crippen molar-refractivity contribution in [2.24, 2.45) is 0 Å². The van der Waals surface area contributed by atoms with E-state index in [1.807, 2.05) is 0 Å². The Kier molecular flexibility index (Phi) is 8.21. The maximum Gasteiger partial charge on any atom is 0.108 e. The lowest BCUT2D eigenvalue weighted by atomic mass is 10.4. The molecule has 0 unspecified atom stereocenters. The van der Waals surface area contributed by atoms with E-state index in [9.17, 15) is 0 Å². The van der Waals surface area contributed by atoms with Gasteiger partial charge in [0.25, 0.3) is 0 Å². The molecule has 3 heteroatoms. The minimum absolute atomic E-state index is 0. The summed E-state index contributed by atoms with van der Waals surface area (Å²) in [6, 6.07) is 0. The molecule has 1 aliphatic heterocycles. The van der Waals surface area contributed by atoms with Crippen LogP contribution in [0.1, 0.15) is 25.7 Å². The predicted octanol–water partition coefficient (Wildman–Crippen LogP) is -0.578. The van der Waals surface area contributed by atoms with Crippen molar-refractivity contribution in [2.75, 3.05) is 23.1 Å². The second-order valence-corrected chi connectivity index (χ2v) is 5.66. The number of unbranched alkanes of at least 4 members (excludes halogenated alkanes) is 1. The van der Waals surface area contributed by atoms with Crippen LogP contribution in [0.4, 0.5) is 0 Å². The summed E-state index contributed by atoms with van der Waals surface area (Å²) in [5, 5.41) is 0. The lowest BCUT2D eigenvalue weighted by Crippen LogP contribution is -3.00. The first-order chi connectivity index (χ1) is 4.93. The van der Waals surface area contributed by atoms with E-state index in [0.717, 1.165) is 16.8 Å². The molecule has 68 valence electrons. The zero-order chi connectivity index (χ0) is 7.23. The standard InChI is InChI=1S/C8H16ClS.ClH/c9-5-1-2-6-10-7-3-4-8-10;/h1-8H2;1H/q+1;/p-1. The van der Waals surface area contributed by atoms with Gasteiger partial charge in [0.15, 0.2) is 0 Å². The lowest BCUT2D eigenvalue weighted by molar-refractivity contribution is -0.00000206. The molecular formula is C8H16Cl2S. The maximum absolute atomic E-state index is 5.59. The van der Waals surface area contributed by atoms with E-state index in [1.165, 1.54) is 42.9 Å². The van der Waals surface area contributed by atoms with Crippen LogP contribution in [0.5, 0.6) is 0 Å². The van der Waals surface area contributed by atoms with Crippen LogP contribution in [0.3, 0.4) is 0 Å². The summed E-state index contributed by atoms with van der Waals surface area (Å²) < 4.78 is 0. The highest BCUT2D eigenvalue weighted by Crippen LogP contribution is 2.14. The molecule has 0 aromatic carbocycles. The fourth-order valence-corrected chi connectivity index (χ4v) is 3.96. The van der Waals surface area contributed by atoms with E-state index < -0.39 is 0 Å². The molecule has 0 bridgehead atoms. The van der Waals surface area contributed by atoms with Crippen LogP contribution < -0.4 is 12.4 Å². The Morgan fingerprint density at radius 2 is 1.73 bits per heavy atom. The van der Waals surface area contributed by atoms with Crippen LogP contribution >= 0.6 is 11.6 Å². The van der Waals surface area contributed by atoms with Gasteiger partial charge < -0.3 is 12.4 Å². The summed E-state index contributed by atoms with van der Waals surface area (Å²) in [5.41, 5.74) is 0. The minimum atomic E-state index is 0. The molecule has 0 saturated carbocycles. The topological polar surface area (TPSA) is 0 Å². The first-order valence-electron chi connectivity index (χ1n) is 4.13. The largest absolute Gasteiger partial charge is 1.00 e. The van der Waals surface area contributed by atoms with Crippen LogP contribution in [0, 0.1) is 0 Å². The van der Waals surface area contributed by atoms with Gasteiger partial charge in [-0.05, 0) is 36.6 Å². The minimum Gasteiger partial charge on any atom is -1.00 e. The third-order valence-corrected chi connectivity index (χ3v) is 4.80. The van der Waals surface area contributed by atoms with Crippen LogP contribution in [-0.2, 0) is 10.9 Å². The monoisotopic (exact) mass is 214 g/mol. The van der Waals surface area contributed by atoms with Gasteiger partial charge in [0.2, 0.25) is 0 Å². The van der Waals surface area contributed by atoms with Gasteiger partial charge in [-0.25, -0.2) is 0 Å². The van der Waals surface area contributed by atoms with E-state index >= 15 is 0 Å². The SMILES string of the molecule is ClCCCC[S+]1CCCC1.[Cl-]. The smallest absolute Gasteiger partial charge is 0.108 e. The van der Waals surface area contributed by atoms with Crippen molar-refractivity contribution >= 4 is 22.5 Å². The molecular weight excluding hydrogens is 199 g/mol. The van der Waals surface area contributed by atoms with Crippen LogP contribution in [0.2, 0.25) is 0 Å². The summed E-state index contributed by atoms with van der Waals surface area (Å²) in [6.45, 7) is 0. The van der Waals surface area contributed by atoms with E-state index in [1.54, 1.807) is 0 Å². The van der Waals surface area contributed by atoms with E-state index in [0.29, 0.717) is 0 Å². The first kappa shape index (κ1) is 11.9. The van der Waals surface area contributed by atoms with Gasteiger partial charge in [-0.1, -0.05) is 0 Å². The Balaban J connectivity index is 0.000001000. The van der Waals surface area contributed by atoms with Gasteiger partial charge in [-0.3, -0.25) is 0 Å². The summed E-state index contributed by atoms with van der Waals surface area (Å²) in [4.78, 5) is 0. The Hall–Kier alpha value is 0.930. The van der Waals surface area contributed by atoms with E-state index in [4.69, 9.17) is 11.6 Å². The highest BCUT2D eigenvalue weighted by molar-refractivity contribution is 7.97. The molecule has 0 N–H and O–H groups in total. The molecule has 1 heterocycles. The lowest BCUT2D eigenvalue weighted by Gasteiger charge is -1.97. The molecule has 0 nitrogen and oxygen atoms in total. The zero-order valence-electron chi connectivity index (χ0n) is 6.82. The summed E-state index contributed by atoms with van der Waals surface area (Å²) >= 11 is 5.59. The van der Waals surface area contributed by atoms with Crippen molar-refractivity contribution < 1.29 is 12.4 Å². The highest BCUT2D eigenvalue weighted by Gasteiger charge is 2.22. The fourth-order valence-electron chi connectivity index (χ4n) is 1.32. The number of hydrogen-bond acceptors (Lipinski definition) is 0. The third-order valence-electron chi connectivity index (χ3n) is 1.93. The van der Waals surface area contributed by atoms with Crippen molar-refractivity contribution in [3.8, 4) is 0 Å². The Labute approximate surface area is 83.8 Å². The van der Waals surface area contributed by atoms with Gasteiger partial charge in [-0.15, -0.1) is 11.6 Å². The van der Waals surface area contributed by atoms with Crippen molar-refractivity contribution in [1.82, 2.24) is 0 Å². The summed E-state index contributed by atoms with van der Waals surface area (Å²) in [5.74, 6) is 5.36. The average molecular weight is 215 g/mol. The van der Waals surface area contributed by atoms with Gasteiger partial charge in [0.1, 0.15) is 17.3 Å². The third kappa shape index (κ3) is 5.21.